The standard InChI is InChI=1S/C20H16Cl2N2O4/c21-16-8-7-15(10-17(16)22)28-12-19(25)23-11-13-3-5-14(6-4-13)24-20(26)18-2-1-9-27-18/h1-10H,11-12H2,(H,23,25)(H,24,26). The number of hydrogen-bond acceptors (Lipinski definition) is 4. The fourth-order valence-electron chi connectivity index (χ4n) is 2.27. The van der Waals surface area contributed by atoms with Crippen LogP contribution in [0.25, 0.3) is 0 Å². The second kappa shape index (κ2) is 9.30. The largest absolute Gasteiger partial charge is 0.484 e. The highest BCUT2D eigenvalue weighted by Gasteiger charge is 2.09. The van der Waals surface area contributed by atoms with Crippen LogP contribution in [0.2, 0.25) is 10.0 Å². The highest BCUT2D eigenvalue weighted by atomic mass is 35.5. The molecule has 6 nitrogen and oxygen atoms in total. The molecular formula is C20H16Cl2N2O4. The minimum atomic E-state index is -0.328. The zero-order chi connectivity index (χ0) is 19.9. The fourth-order valence-corrected chi connectivity index (χ4v) is 2.56. The van der Waals surface area contributed by atoms with Crippen molar-refractivity contribution in [1.82, 2.24) is 5.32 Å². The van der Waals surface area contributed by atoms with Gasteiger partial charge in [-0.3, -0.25) is 9.59 Å². The van der Waals surface area contributed by atoms with Crippen molar-refractivity contribution in [2.75, 3.05) is 11.9 Å². The van der Waals surface area contributed by atoms with Crippen LogP contribution in [-0.4, -0.2) is 18.4 Å². The van der Waals surface area contributed by atoms with Gasteiger partial charge in [-0.05, 0) is 42.0 Å². The maximum absolute atomic E-state index is 11.9. The molecule has 0 atom stereocenters. The summed E-state index contributed by atoms with van der Waals surface area (Å²) in [5.41, 5.74) is 1.50. The van der Waals surface area contributed by atoms with E-state index in [2.05, 4.69) is 10.6 Å². The van der Waals surface area contributed by atoms with Crippen LogP contribution in [-0.2, 0) is 11.3 Å². The van der Waals surface area contributed by atoms with Gasteiger partial charge in [-0.25, -0.2) is 0 Å². The molecule has 0 aliphatic heterocycles. The zero-order valence-electron chi connectivity index (χ0n) is 14.6. The van der Waals surface area contributed by atoms with Crippen LogP contribution in [0, 0.1) is 0 Å². The van der Waals surface area contributed by atoms with Gasteiger partial charge in [0.1, 0.15) is 5.75 Å². The Kier molecular flexibility index (Phi) is 6.57. The van der Waals surface area contributed by atoms with Gasteiger partial charge >= 0.3 is 0 Å². The molecule has 0 bridgehead atoms. The summed E-state index contributed by atoms with van der Waals surface area (Å²) in [6.07, 6.45) is 1.44. The summed E-state index contributed by atoms with van der Waals surface area (Å²) in [6.45, 7) is 0.186. The van der Waals surface area contributed by atoms with E-state index in [0.717, 1.165) is 5.56 Å². The van der Waals surface area contributed by atoms with Gasteiger partial charge in [0, 0.05) is 18.3 Å². The number of hydrogen-bond donors (Lipinski definition) is 2. The summed E-state index contributed by atoms with van der Waals surface area (Å²) in [6, 6.07) is 15.1. The molecule has 3 aromatic rings. The first-order chi connectivity index (χ1) is 13.5. The summed E-state index contributed by atoms with van der Waals surface area (Å²) in [5, 5.41) is 6.25. The predicted octanol–water partition coefficient (Wildman–Crippen LogP) is 4.53. The normalized spacial score (nSPS) is 10.4. The molecule has 1 aromatic heterocycles. The number of anilines is 1. The minimum Gasteiger partial charge on any atom is -0.484 e. The Labute approximate surface area is 171 Å². The van der Waals surface area contributed by atoms with Crippen LogP contribution in [0.3, 0.4) is 0 Å². The monoisotopic (exact) mass is 418 g/mol. The van der Waals surface area contributed by atoms with E-state index in [4.69, 9.17) is 32.4 Å². The molecule has 0 aliphatic rings. The average molecular weight is 419 g/mol. The summed E-state index contributed by atoms with van der Waals surface area (Å²) in [7, 11) is 0. The smallest absolute Gasteiger partial charge is 0.291 e. The van der Waals surface area contributed by atoms with Gasteiger partial charge in [0.15, 0.2) is 12.4 Å². The molecule has 3 rings (SSSR count). The van der Waals surface area contributed by atoms with Gasteiger partial charge in [0.25, 0.3) is 11.8 Å². The molecule has 0 unspecified atom stereocenters. The Morgan fingerprint density at radius 2 is 1.79 bits per heavy atom. The lowest BCUT2D eigenvalue weighted by molar-refractivity contribution is -0.123. The number of nitrogens with one attached hydrogen (secondary N) is 2. The van der Waals surface area contributed by atoms with Gasteiger partial charge in [-0.2, -0.15) is 0 Å². The van der Waals surface area contributed by atoms with Crippen LogP contribution in [0.4, 0.5) is 5.69 Å². The maximum Gasteiger partial charge on any atom is 0.291 e. The van der Waals surface area contributed by atoms with Crippen molar-refractivity contribution in [2.24, 2.45) is 0 Å². The second-order valence-electron chi connectivity index (χ2n) is 5.77. The molecule has 8 heteroatoms. The Hall–Kier alpha value is -2.96. The maximum atomic E-state index is 11.9. The molecule has 1 heterocycles. The van der Waals surface area contributed by atoms with Gasteiger partial charge in [0.05, 0.1) is 16.3 Å². The zero-order valence-corrected chi connectivity index (χ0v) is 16.1. The van der Waals surface area contributed by atoms with E-state index in [0.29, 0.717) is 28.0 Å². The molecule has 0 fully saturated rings. The summed E-state index contributed by atoms with van der Waals surface area (Å²) in [5.74, 6) is 0.0892. The van der Waals surface area contributed by atoms with Crippen molar-refractivity contribution < 1.29 is 18.7 Å². The van der Waals surface area contributed by atoms with Crippen LogP contribution in [0.5, 0.6) is 5.75 Å². The van der Waals surface area contributed by atoms with Crippen LogP contribution in [0.1, 0.15) is 16.1 Å². The summed E-state index contributed by atoms with van der Waals surface area (Å²) >= 11 is 11.7. The molecule has 0 aliphatic carbocycles. The number of rotatable bonds is 7. The fraction of sp³-hybridized carbons (Fsp3) is 0.100. The number of furan rings is 1. The Morgan fingerprint density at radius 3 is 2.46 bits per heavy atom. The first-order valence-corrected chi connectivity index (χ1v) is 9.05. The number of carbonyl (C=O) groups is 2. The lowest BCUT2D eigenvalue weighted by Crippen LogP contribution is -2.28. The van der Waals surface area contributed by atoms with Crippen molar-refractivity contribution in [3.63, 3.8) is 0 Å². The molecule has 0 saturated carbocycles. The van der Waals surface area contributed by atoms with Crippen molar-refractivity contribution in [2.45, 2.75) is 6.54 Å². The Morgan fingerprint density at radius 1 is 1.00 bits per heavy atom. The molecule has 0 spiro atoms. The van der Waals surface area contributed by atoms with E-state index < -0.39 is 0 Å². The van der Waals surface area contributed by atoms with Crippen molar-refractivity contribution in [1.29, 1.82) is 0 Å². The third-order valence-electron chi connectivity index (χ3n) is 3.71. The highest BCUT2D eigenvalue weighted by molar-refractivity contribution is 6.42. The number of carbonyl (C=O) groups excluding carboxylic acids is 2. The average Bonchev–Trinajstić information content (AvgIpc) is 3.23. The molecular weight excluding hydrogens is 403 g/mol. The van der Waals surface area contributed by atoms with Crippen LogP contribution >= 0.6 is 23.2 Å². The van der Waals surface area contributed by atoms with Gasteiger partial charge in [-0.1, -0.05) is 35.3 Å². The number of benzene rings is 2. The Bertz CT molecular complexity index is 957. The van der Waals surface area contributed by atoms with Gasteiger partial charge in [-0.15, -0.1) is 0 Å². The number of ether oxygens (including phenoxy) is 1. The first kappa shape index (κ1) is 19.8. The second-order valence-corrected chi connectivity index (χ2v) is 6.58. The molecule has 144 valence electrons. The molecule has 0 radical (unpaired) electrons. The van der Waals surface area contributed by atoms with E-state index in [1.54, 1.807) is 54.6 Å². The number of halogens is 2. The van der Waals surface area contributed by atoms with Crippen LogP contribution < -0.4 is 15.4 Å². The van der Waals surface area contributed by atoms with Crippen molar-refractivity contribution in [3.05, 3.63) is 82.2 Å². The number of amides is 2. The van der Waals surface area contributed by atoms with E-state index in [-0.39, 0.29) is 24.2 Å². The van der Waals surface area contributed by atoms with E-state index in [9.17, 15) is 9.59 Å². The lowest BCUT2D eigenvalue weighted by Gasteiger charge is -2.09. The molecule has 2 aromatic carbocycles. The first-order valence-electron chi connectivity index (χ1n) is 8.29. The Balaban J connectivity index is 1.44. The predicted molar refractivity (Wildman–Crippen MR) is 107 cm³/mol. The van der Waals surface area contributed by atoms with Gasteiger partial charge < -0.3 is 19.8 Å². The lowest BCUT2D eigenvalue weighted by atomic mass is 10.2. The third kappa shape index (κ3) is 5.52. The van der Waals surface area contributed by atoms with Gasteiger partial charge in [0.2, 0.25) is 0 Å². The topological polar surface area (TPSA) is 80.6 Å². The van der Waals surface area contributed by atoms with E-state index in [1.807, 2.05) is 0 Å². The molecule has 0 saturated heterocycles. The van der Waals surface area contributed by atoms with Crippen LogP contribution in [0.15, 0.2) is 65.3 Å². The molecule has 2 N–H and O–H groups in total. The minimum absolute atomic E-state index is 0.144. The summed E-state index contributed by atoms with van der Waals surface area (Å²) in [4.78, 5) is 23.8. The molecule has 28 heavy (non-hydrogen) atoms. The van der Waals surface area contributed by atoms with Crippen molar-refractivity contribution >= 4 is 40.7 Å². The summed E-state index contributed by atoms with van der Waals surface area (Å²) < 4.78 is 10.4. The quantitative estimate of drug-likeness (QED) is 0.590. The van der Waals surface area contributed by atoms with E-state index >= 15 is 0 Å². The third-order valence-corrected chi connectivity index (χ3v) is 4.45. The van der Waals surface area contributed by atoms with Crippen molar-refractivity contribution in [3.8, 4) is 5.75 Å². The SMILES string of the molecule is O=C(COc1ccc(Cl)c(Cl)c1)NCc1ccc(NC(=O)c2ccco2)cc1. The molecule has 2 amide bonds. The van der Waals surface area contributed by atoms with E-state index in [1.165, 1.54) is 6.26 Å². The highest BCUT2D eigenvalue weighted by Crippen LogP contribution is 2.26.